The van der Waals surface area contributed by atoms with Gasteiger partial charge in [0.25, 0.3) is 0 Å². The van der Waals surface area contributed by atoms with E-state index in [1.807, 2.05) is 0 Å². The number of nitrogens with one attached hydrogen (secondary N) is 1. The maximum Gasteiger partial charge on any atom is 0.234 e. The molecule has 4 heteroatoms. The fourth-order valence-electron chi connectivity index (χ4n) is 5.03. The second-order valence-electron chi connectivity index (χ2n) is 9.05. The number of hydrogen-bond donors (Lipinski definition) is 1. The van der Waals surface area contributed by atoms with Crippen molar-refractivity contribution in [2.24, 2.45) is 0 Å². The molecule has 1 unspecified atom stereocenters. The second kappa shape index (κ2) is 11.6. The minimum atomic E-state index is -0.0583. The van der Waals surface area contributed by atoms with Gasteiger partial charge in [0.2, 0.25) is 5.91 Å². The molecular weight excluding hydrogens is 382 g/mol. The predicted octanol–water partition coefficient (Wildman–Crippen LogP) is 4.82. The van der Waals surface area contributed by atoms with Gasteiger partial charge in [0.05, 0.1) is 6.54 Å². The summed E-state index contributed by atoms with van der Waals surface area (Å²) in [5, 5.41) is 5.93. The van der Waals surface area contributed by atoms with Crippen molar-refractivity contribution in [3.63, 3.8) is 0 Å². The number of carbonyl (C=O) groups excluding carboxylic acids is 1. The summed E-state index contributed by atoms with van der Waals surface area (Å²) < 4.78 is 0. The highest BCUT2D eigenvalue weighted by Gasteiger charge is 2.33. The topological polar surface area (TPSA) is 35.6 Å². The van der Waals surface area contributed by atoms with Gasteiger partial charge in [-0.05, 0) is 74.7 Å². The molecular formula is C27H41N3O. The average Bonchev–Trinajstić information content (AvgIpc) is 2.83. The van der Waals surface area contributed by atoms with E-state index in [-0.39, 0.29) is 11.3 Å². The third-order valence-electron chi connectivity index (χ3n) is 7.28. The monoisotopic (exact) mass is 423 g/mol. The summed E-state index contributed by atoms with van der Waals surface area (Å²) in [6, 6.07) is 15.4. The van der Waals surface area contributed by atoms with Gasteiger partial charge >= 0.3 is 0 Å². The number of benzene rings is 2. The number of nitrogens with zero attached hydrogens (tertiary/aromatic N) is 2. The number of fused-ring (bicyclic) bond motifs is 1. The highest BCUT2D eigenvalue weighted by molar-refractivity contribution is 5.87. The van der Waals surface area contributed by atoms with Crippen LogP contribution in [0, 0.1) is 0 Å². The number of likely N-dealkylation sites (tertiary alicyclic amines) is 1. The van der Waals surface area contributed by atoms with Crippen molar-refractivity contribution in [3.8, 4) is 0 Å². The van der Waals surface area contributed by atoms with Crippen LogP contribution >= 0.6 is 0 Å². The molecule has 1 amide bonds. The first kappa shape index (κ1) is 23.7. The molecule has 1 heterocycles. The molecule has 1 N–H and O–H groups in total. The van der Waals surface area contributed by atoms with Crippen LogP contribution in [0.3, 0.4) is 0 Å². The van der Waals surface area contributed by atoms with Crippen molar-refractivity contribution in [2.45, 2.75) is 58.3 Å². The zero-order chi connectivity index (χ0) is 22.1. The van der Waals surface area contributed by atoms with Gasteiger partial charge in [-0.15, -0.1) is 0 Å². The lowest BCUT2D eigenvalue weighted by Crippen LogP contribution is -2.46. The average molecular weight is 424 g/mol. The number of carbonyl (C=O) groups is 1. The minimum absolute atomic E-state index is 0.0583. The molecule has 0 saturated carbocycles. The van der Waals surface area contributed by atoms with Crippen LogP contribution in [-0.4, -0.2) is 61.5 Å². The molecule has 1 aliphatic rings. The third-order valence-corrected chi connectivity index (χ3v) is 7.28. The molecule has 1 fully saturated rings. The first-order valence-corrected chi connectivity index (χ1v) is 12.3. The van der Waals surface area contributed by atoms with Crippen molar-refractivity contribution in [1.29, 1.82) is 0 Å². The zero-order valence-electron chi connectivity index (χ0n) is 19.8. The minimum Gasteiger partial charge on any atom is -0.354 e. The Bertz CT molecular complexity index is 821. The standard InChI is InChI=1S/C27H41N3O/c1-4-27(17-20-30-18-10-7-11-19-30,22-28-26(31)21-29(5-2)6-3)25-16-12-14-23-13-8-9-15-24(23)25/h8-9,12-16H,4-7,10-11,17-22H2,1-3H3,(H,28,31). The van der Waals surface area contributed by atoms with E-state index in [0.29, 0.717) is 13.1 Å². The lowest BCUT2D eigenvalue weighted by Gasteiger charge is -2.38. The van der Waals surface area contributed by atoms with Crippen molar-refractivity contribution in [1.82, 2.24) is 15.1 Å². The molecule has 0 aliphatic carbocycles. The second-order valence-corrected chi connectivity index (χ2v) is 9.05. The van der Waals surface area contributed by atoms with Crippen LogP contribution in [0.1, 0.15) is 58.4 Å². The fourth-order valence-corrected chi connectivity index (χ4v) is 5.03. The van der Waals surface area contributed by atoms with Gasteiger partial charge in [-0.2, -0.15) is 0 Å². The molecule has 0 spiro atoms. The fraction of sp³-hybridized carbons (Fsp3) is 0.593. The van der Waals surface area contributed by atoms with Gasteiger partial charge in [-0.25, -0.2) is 0 Å². The van der Waals surface area contributed by atoms with Crippen LogP contribution in [0.2, 0.25) is 0 Å². The van der Waals surface area contributed by atoms with Gasteiger partial charge in [-0.1, -0.05) is 69.7 Å². The Morgan fingerprint density at radius 1 is 1.00 bits per heavy atom. The van der Waals surface area contributed by atoms with Crippen LogP contribution in [0.25, 0.3) is 10.8 Å². The molecule has 2 aromatic carbocycles. The SMILES string of the molecule is CCN(CC)CC(=O)NCC(CC)(CCN1CCCCC1)c1cccc2ccccc12. The van der Waals surface area contributed by atoms with Crippen molar-refractivity contribution in [3.05, 3.63) is 48.0 Å². The molecule has 1 atom stereocenters. The van der Waals surface area contributed by atoms with E-state index in [2.05, 4.69) is 78.4 Å². The van der Waals surface area contributed by atoms with Crippen molar-refractivity contribution >= 4 is 16.7 Å². The molecule has 31 heavy (non-hydrogen) atoms. The highest BCUT2D eigenvalue weighted by atomic mass is 16.2. The third kappa shape index (κ3) is 6.08. The Labute approximate surface area is 189 Å². The molecule has 3 rings (SSSR count). The van der Waals surface area contributed by atoms with Gasteiger partial charge < -0.3 is 10.2 Å². The van der Waals surface area contributed by atoms with Crippen LogP contribution in [-0.2, 0) is 10.2 Å². The highest BCUT2D eigenvalue weighted by Crippen LogP contribution is 2.36. The quantitative estimate of drug-likeness (QED) is 0.563. The Morgan fingerprint density at radius 2 is 1.71 bits per heavy atom. The largest absolute Gasteiger partial charge is 0.354 e. The molecule has 2 aromatic rings. The molecule has 1 saturated heterocycles. The van der Waals surface area contributed by atoms with E-state index >= 15 is 0 Å². The summed E-state index contributed by atoms with van der Waals surface area (Å²) in [5.74, 6) is 0.139. The van der Waals surface area contributed by atoms with Crippen molar-refractivity contribution < 1.29 is 4.79 Å². The number of rotatable bonds is 11. The number of likely N-dealkylation sites (N-methyl/N-ethyl adjacent to an activating group) is 1. The molecule has 1 aliphatic heterocycles. The van der Waals surface area contributed by atoms with Gasteiger partial charge in [0, 0.05) is 12.0 Å². The smallest absolute Gasteiger partial charge is 0.234 e. The lowest BCUT2D eigenvalue weighted by molar-refractivity contribution is -0.122. The Hall–Kier alpha value is -1.91. The van der Waals surface area contributed by atoms with Crippen LogP contribution in [0.5, 0.6) is 0 Å². The van der Waals surface area contributed by atoms with Crippen LogP contribution in [0.4, 0.5) is 0 Å². The molecule has 0 radical (unpaired) electrons. The molecule has 4 nitrogen and oxygen atoms in total. The zero-order valence-corrected chi connectivity index (χ0v) is 19.8. The Morgan fingerprint density at radius 3 is 2.42 bits per heavy atom. The summed E-state index contributed by atoms with van der Waals surface area (Å²) in [5.41, 5.74) is 1.32. The Balaban J connectivity index is 1.85. The summed E-state index contributed by atoms with van der Waals surface area (Å²) in [7, 11) is 0. The van der Waals surface area contributed by atoms with Crippen molar-refractivity contribution in [2.75, 3.05) is 45.8 Å². The predicted molar refractivity (Wildman–Crippen MR) is 132 cm³/mol. The normalized spacial score (nSPS) is 17.0. The van der Waals surface area contributed by atoms with Gasteiger partial charge in [-0.3, -0.25) is 9.69 Å². The first-order chi connectivity index (χ1) is 15.1. The number of hydrogen-bond acceptors (Lipinski definition) is 3. The van der Waals surface area contributed by atoms with E-state index < -0.39 is 0 Å². The Kier molecular flexibility index (Phi) is 8.91. The van der Waals surface area contributed by atoms with E-state index in [1.165, 1.54) is 48.7 Å². The van der Waals surface area contributed by atoms with E-state index in [9.17, 15) is 4.79 Å². The maximum absolute atomic E-state index is 12.8. The first-order valence-electron chi connectivity index (χ1n) is 12.3. The lowest BCUT2D eigenvalue weighted by atomic mass is 9.73. The van der Waals surface area contributed by atoms with E-state index in [0.717, 1.165) is 32.5 Å². The summed E-state index contributed by atoms with van der Waals surface area (Å²) in [4.78, 5) is 17.6. The molecule has 0 bridgehead atoms. The van der Waals surface area contributed by atoms with Crippen LogP contribution < -0.4 is 5.32 Å². The van der Waals surface area contributed by atoms with E-state index in [4.69, 9.17) is 0 Å². The summed E-state index contributed by atoms with van der Waals surface area (Å²) in [6.07, 6.45) is 6.08. The number of piperidine rings is 1. The molecule has 0 aromatic heterocycles. The summed E-state index contributed by atoms with van der Waals surface area (Å²) >= 11 is 0. The maximum atomic E-state index is 12.8. The van der Waals surface area contributed by atoms with Gasteiger partial charge in [0.1, 0.15) is 0 Å². The van der Waals surface area contributed by atoms with Crippen LogP contribution in [0.15, 0.2) is 42.5 Å². The molecule has 170 valence electrons. The number of amides is 1. The summed E-state index contributed by atoms with van der Waals surface area (Å²) in [6.45, 7) is 13.0. The van der Waals surface area contributed by atoms with E-state index in [1.54, 1.807) is 0 Å². The van der Waals surface area contributed by atoms with Gasteiger partial charge in [0.15, 0.2) is 0 Å².